The quantitative estimate of drug-likeness (QED) is 0.336. The van der Waals surface area contributed by atoms with Crippen LogP contribution in [0.25, 0.3) is 0 Å². The molecule has 1 aliphatic heterocycles. The van der Waals surface area contributed by atoms with Crippen LogP contribution in [0.2, 0.25) is 0 Å². The van der Waals surface area contributed by atoms with E-state index in [2.05, 4.69) is 15.9 Å². The predicted molar refractivity (Wildman–Crippen MR) is 139 cm³/mol. The largest absolute Gasteiger partial charge is 0.491 e. The molecular formula is C27H28BrFN2O3S. The molecule has 35 heavy (non-hydrogen) atoms. The number of carbonyl (C=O) groups excluding carboxylic acids is 2. The summed E-state index contributed by atoms with van der Waals surface area (Å²) in [6.07, 6.45) is 1.51. The van der Waals surface area contributed by atoms with Gasteiger partial charge in [0.2, 0.25) is 5.91 Å². The van der Waals surface area contributed by atoms with Crippen LogP contribution < -0.4 is 4.74 Å². The Morgan fingerprint density at radius 1 is 1.23 bits per heavy atom. The first-order chi connectivity index (χ1) is 16.9. The number of amides is 2. The molecule has 0 spiro atoms. The van der Waals surface area contributed by atoms with Gasteiger partial charge in [0.25, 0.3) is 5.91 Å². The summed E-state index contributed by atoms with van der Waals surface area (Å²) in [6.45, 7) is 4.78. The van der Waals surface area contributed by atoms with E-state index in [1.165, 1.54) is 17.0 Å². The summed E-state index contributed by atoms with van der Waals surface area (Å²) in [6, 6.07) is 14.8. The van der Waals surface area contributed by atoms with Crippen molar-refractivity contribution >= 4 is 39.1 Å². The van der Waals surface area contributed by atoms with Gasteiger partial charge in [0, 0.05) is 27.5 Å². The Morgan fingerprint density at radius 3 is 2.71 bits per heavy atom. The van der Waals surface area contributed by atoms with Crippen molar-refractivity contribution in [1.82, 2.24) is 9.80 Å². The Morgan fingerprint density at radius 2 is 2.00 bits per heavy atom. The van der Waals surface area contributed by atoms with Crippen LogP contribution in [0.1, 0.15) is 47.1 Å². The highest BCUT2D eigenvalue weighted by molar-refractivity contribution is 9.10. The molecule has 0 saturated heterocycles. The molecule has 4 rings (SSSR count). The first-order valence-corrected chi connectivity index (χ1v) is 13.3. The third-order valence-corrected chi connectivity index (χ3v) is 7.89. The van der Waals surface area contributed by atoms with Gasteiger partial charge in [-0.25, -0.2) is 4.39 Å². The number of rotatable bonds is 8. The number of hydrogen-bond acceptors (Lipinski definition) is 4. The Balaban J connectivity index is 1.54. The molecular weight excluding hydrogens is 531 g/mol. The van der Waals surface area contributed by atoms with Crippen LogP contribution in [0.15, 0.2) is 64.5 Å². The Labute approximate surface area is 217 Å². The van der Waals surface area contributed by atoms with E-state index in [1.807, 2.05) is 42.3 Å². The topological polar surface area (TPSA) is 49.9 Å². The van der Waals surface area contributed by atoms with E-state index in [-0.39, 0.29) is 42.9 Å². The first-order valence-electron chi connectivity index (χ1n) is 11.7. The van der Waals surface area contributed by atoms with E-state index in [0.29, 0.717) is 17.9 Å². The fraction of sp³-hybridized carbons (Fsp3) is 0.333. The molecule has 2 aromatic carbocycles. The van der Waals surface area contributed by atoms with Crippen LogP contribution in [-0.2, 0) is 11.2 Å². The van der Waals surface area contributed by atoms with Crippen LogP contribution in [0, 0.1) is 5.82 Å². The van der Waals surface area contributed by atoms with E-state index < -0.39 is 0 Å². The van der Waals surface area contributed by atoms with Gasteiger partial charge in [0.1, 0.15) is 24.7 Å². The Kier molecular flexibility index (Phi) is 8.23. The van der Waals surface area contributed by atoms with Gasteiger partial charge in [-0.1, -0.05) is 28.9 Å². The summed E-state index contributed by atoms with van der Waals surface area (Å²) in [7, 11) is 0. The minimum absolute atomic E-state index is 0.00707. The molecule has 2 atom stereocenters. The van der Waals surface area contributed by atoms with Crippen molar-refractivity contribution < 1.29 is 18.7 Å². The minimum atomic E-state index is -0.327. The van der Waals surface area contributed by atoms with Crippen molar-refractivity contribution in [3.8, 4) is 5.75 Å². The number of thiophene rings is 1. The summed E-state index contributed by atoms with van der Waals surface area (Å²) >= 11 is 5.11. The summed E-state index contributed by atoms with van der Waals surface area (Å²) < 4.78 is 20.1. The van der Waals surface area contributed by atoms with Gasteiger partial charge in [-0.05, 0) is 79.2 Å². The first kappa shape index (κ1) is 25.4. The third kappa shape index (κ3) is 5.93. The van der Waals surface area contributed by atoms with Crippen LogP contribution in [0.4, 0.5) is 4.39 Å². The number of fused-ring (bicyclic) bond motifs is 1. The highest BCUT2D eigenvalue weighted by atomic mass is 79.9. The Hall–Kier alpha value is -2.71. The SMILES string of the molecule is CC[C@H](C)N(CC(=O)N1CCc2sccc2[C@@H]1COc1ccc(F)cc1)C(=O)c1cccc(Br)c1. The molecule has 1 aromatic heterocycles. The molecule has 0 saturated carbocycles. The molecule has 3 aromatic rings. The zero-order valence-corrected chi connectivity index (χ0v) is 22.1. The van der Waals surface area contributed by atoms with Gasteiger partial charge >= 0.3 is 0 Å². The monoisotopic (exact) mass is 558 g/mol. The normalized spacial score (nSPS) is 15.9. The van der Waals surface area contributed by atoms with Crippen LogP contribution in [0.5, 0.6) is 5.75 Å². The number of carbonyl (C=O) groups is 2. The molecule has 2 heterocycles. The van der Waals surface area contributed by atoms with Crippen molar-refractivity contribution in [2.45, 2.75) is 38.8 Å². The fourth-order valence-corrected chi connectivity index (χ4v) is 5.58. The molecule has 1 aliphatic rings. The molecule has 2 amide bonds. The summed E-state index contributed by atoms with van der Waals surface area (Å²) in [5.41, 5.74) is 1.62. The molecule has 0 radical (unpaired) electrons. The van der Waals surface area contributed by atoms with Gasteiger partial charge in [-0.15, -0.1) is 11.3 Å². The zero-order chi connectivity index (χ0) is 24.9. The zero-order valence-electron chi connectivity index (χ0n) is 19.7. The highest BCUT2D eigenvalue weighted by Gasteiger charge is 2.34. The average Bonchev–Trinajstić information content (AvgIpc) is 3.35. The predicted octanol–water partition coefficient (Wildman–Crippen LogP) is 6.10. The van der Waals surface area contributed by atoms with Crippen molar-refractivity contribution in [2.75, 3.05) is 19.7 Å². The van der Waals surface area contributed by atoms with E-state index in [0.717, 1.165) is 22.9 Å². The maximum absolute atomic E-state index is 13.7. The standard InChI is InChI=1S/C27H28BrFN2O3S/c1-3-18(2)31(27(33)19-5-4-6-20(28)15-19)16-26(32)30-13-11-25-23(12-14-35-25)24(30)17-34-22-9-7-21(29)8-10-22/h4-10,12,14-15,18,24H,3,11,13,16-17H2,1-2H3/t18-,24-/m0/s1. The van der Waals surface area contributed by atoms with Crippen molar-refractivity contribution in [3.05, 3.63) is 86.3 Å². The summed E-state index contributed by atoms with van der Waals surface area (Å²) in [4.78, 5) is 31.7. The summed E-state index contributed by atoms with van der Waals surface area (Å²) in [5.74, 6) is -0.0565. The smallest absolute Gasteiger partial charge is 0.254 e. The third-order valence-electron chi connectivity index (χ3n) is 6.40. The molecule has 0 bridgehead atoms. The van der Waals surface area contributed by atoms with E-state index in [1.54, 1.807) is 40.5 Å². The summed E-state index contributed by atoms with van der Waals surface area (Å²) in [5, 5.41) is 2.03. The molecule has 0 N–H and O–H groups in total. The second kappa shape index (κ2) is 11.4. The van der Waals surface area contributed by atoms with Crippen LogP contribution in [-0.4, -0.2) is 47.4 Å². The second-order valence-electron chi connectivity index (χ2n) is 8.62. The van der Waals surface area contributed by atoms with Crippen molar-refractivity contribution in [2.24, 2.45) is 0 Å². The molecule has 0 unspecified atom stereocenters. The lowest BCUT2D eigenvalue weighted by Crippen LogP contribution is -2.49. The number of ether oxygens (including phenoxy) is 1. The lowest BCUT2D eigenvalue weighted by molar-refractivity contribution is -0.136. The van der Waals surface area contributed by atoms with E-state index >= 15 is 0 Å². The van der Waals surface area contributed by atoms with Gasteiger partial charge in [0.05, 0.1) is 6.04 Å². The number of halogens is 2. The molecule has 0 fully saturated rings. The maximum atomic E-state index is 13.7. The number of benzene rings is 2. The van der Waals surface area contributed by atoms with Gasteiger partial charge in [-0.2, -0.15) is 0 Å². The van der Waals surface area contributed by atoms with Gasteiger partial charge in [0.15, 0.2) is 0 Å². The molecule has 8 heteroatoms. The van der Waals surface area contributed by atoms with Gasteiger partial charge in [-0.3, -0.25) is 9.59 Å². The number of hydrogen-bond donors (Lipinski definition) is 0. The van der Waals surface area contributed by atoms with Crippen molar-refractivity contribution in [3.63, 3.8) is 0 Å². The molecule has 5 nitrogen and oxygen atoms in total. The molecule has 184 valence electrons. The fourth-order valence-electron chi connectivity index (χ4n) is 4.25. The van der Waals surface area contributed by atoms with E-state index in [9.17, 15) is 14.0 Å². The second-order valence-corrected chi connectivity index (χ2v) is 10.5. The van der Waals surface area contributed by atoms with Gasteiger partial charge < -0.3 is 14.5 Å². The maximum Gasteiger partial charge on any atom is 0.254 e. The minimum Gasteiger partial charge on any atom is -0.491 e. The molecule has 0 aliphatic carbocycles. The lowest BCUT2D eigenvalue weighted by Gasteiger charge is -2.38. The average molecular weight is 560 g/mol. The van der Waals surface area contributed by atoms with Crippen LogP contribution in [0.3, 0.4) is 0 Å². The highest BCUT2D eigenvalue weighted by Crippen LogP contribution is 2.34. The van der Waals surface area contributed by atoms with Crippen LogP contribution >= 0.6 is 27.3 Å². The van der Waals surface area contributed by atoms with E-state index in [4.69, 9.17) is 4.74 Å². The lowest BCUT2D eigenvalue weighted by atomic mass is 10.00. The number of nitrogens with zero attached hydrogens (tertiary/aromatic N) is 2. The Bertz CT molecular complexity index is 1180. The van der Waals surface area contributed by atoms with Crippen molar-refractivity contribution in [1.29, 1.82) is 0 Å².